The number of ether oxygens (including phenoxy) is 1. The maximum Gasteiger partial charge on any atom is 0.277 e. The summed E-state index contributed by atoms with van der Waals surface area (Å²) in [6.07, 6.45) is 0. The highest BCUT2D eigenvalue weighted by molar-refractivity contribution is 6.35. The van der Waals surface area contributed by atoms with Gasteiger partial charge in [-0.1, -0.05) is 35.3 Å². The van der Waals surface area contributed by atoms with Gasteiger partial charge in [0.1, 0.15) is 5.75 Å². The van der Waals surface area contributed by atoms with Crippen LogP contribution >= 0.6 is 23.2 Å². The van der Waals surface area contributed by atoms with Crippen LogP contribution in [0.15, 0.2) is 47.6 Å². The number of carbonyl (C=O) groups excluding carboxylic acids is 1. The monoisotopic (exact) mass is 381 g/mol. The fourth-order valence-electron chi connectivity index (χ4n) is 1.82. The molecular weight excluding hydrogens is 369 g/mol. The molecule has 2 aromatic rings. The van der Waals surface area contributed by atoms with Crippen molar-refractivity contribution in [3.63, 3.8) is 0 Å². The van der Waals surface area contributed by atoms with Crippen LogP contribution < -0.4 is 10.2 Å². The van der Waals surface area contributed by atoms with Crippen molar-refractivity contribution >= 4 is 40.5 Å². The van der Waals surface area contributed by atoms with E-state index in [1.807, 2.05) is 0 Å². The van der Waals surface area contributed by atoms with Gasteiger partial charge in [-0.05, 0) is 25.1 Å². The number of nitrogens with one attached hydrogen (secondary N) is 1. The summed E-state index contributed by atoms with van der Waals surface area (Å²) < 4.78 is 5.28. The first kappa shape index (κ1) is 18.7. The molecule has 0 aliphatic heterocycles. The molecule has 0 unspecified atom stereocenters. The highest BCUT2D eigenvalue weighted by Crippen LogP contribution is 2.27. The number of hydrogen-bond donors (Lipinski definition) is 1. The standard InChI is InChI=1S/C16H13Cl2N3O4/c1-10(11-3-2-4-13(7-11)21(23)24)19-20-16(22)9-25-15-6-5-12(17)8-14(15)18/h2-8H,9H2,1H3,(H,20,22)/b19-10+. The van der Waals surface area contributed by atoms with E-state index in [1.54, 1.807) is 31.2 Å². The van der Waals surface area contributed by atoms with Gasteiger partial charge in [-0.3, -0.25) is 14.9 Å². The van der Waals surface area contributed by atoms with E-state index in [-0.39, 0.29) is 17.3 Å². The summed E-state index contributed by atoms with van der Waals surface area (Å²) in [5.74, 6) is -0.184. The van der Waals surface area contributed by atoms with Gasteiger partial charge in [-0.2, -0.15) is 5.10 Å². The van der Waals surface area contributed by atoms with Crippen molar-refractivity contribution in [3.8, 4) is 5.75 Å². The van der Waals surface area contributed by atoms with Crippen LogP contribution in [0.3, 0.4) is 0 Å². The van der Waals surface area contributed by atoms with Gasteiger partial charge in [-0.15, -0.1) is 0 Å². The molecule has 2 aromatic carbocycles. The first-order valence-corrected chi connectivity index (χ1v) is 7.78. The average molecular weight is 382 g/mol. The third-order valence-corrected chi connectivity index (χ3v) is 3.61. The lowest BCUT2D eigenvalue weighted by atomic mass is 10.1. The fraction of sp³-hybridized carbons (Fsp3) is 0.125. The van der Waals surface area contributed by atoms with Crippen LogP contribution in [-0.2, 0) is 4.79 Å². The van der Waals surface area contributed by atoms with Crippen molar-refractivity contribution in [2.24, 2.45) is 5.10 Å². The Labute approximate surface area is 153 Å². The molecule has 0 aliphatic rings. The van der Waals surface area contributed by atoms with E-state index in [4.69, 9.17) is 27.9 Å². The molecule has 1 amide bonds. The summed E-state index contributed by atoms with van der Waals surface area (Å²) in [4.78, 5) is 22.1. The number of nitro groups is 1. The number of benzene rings is 2. The number of rotatable bonds is 6. The van der Waals surface area contributed by atoms with Gasteiger partial charge in [0.05, 0.1) is 15.7 Å². The number of nitro benzene ring substituents is 1. The van der Waals surface area contributed by atoms with Gasteiger partial charge < -0.3 is 4.74 Å². The Balaban J connectivity index is 1.95. The van der Waals surface area contributed by atoms with Gasteiger partial charge in [0.25, 0.3) is 11.6 Å². The summed E-state index contributed by atoms with van der Waals surface area (Å²) in [6, 6.07) is 10.6. The molecule has 1 N–H and O–H groups in total. The summed E-state index contributed by atoms with van der Waals surface area (Å²) in [7, 11) is 0. The molecule has 0 saturated carbocycles. The molecule has 9 heteroatoms. The summed E-state index contributed by atoms with van der Waals surface area (Å²) in [5, 5.41) is 15.4. The molecule has 0 fully saturated rings. The van der Waals surface area contributed by atoms with E-state index >= 15 is 0 Å². The number of nitrogens with zero attached hydrogens (tertiary/aromatic N) is 2. The Kier molecular flexibility index (Phi) is 6.32. The number of non-ortho nitro benzene ring substituents is 1. The molecule has 0 aromatic heterocycles. The highest BCUT2D eigenvalue weighted by Gasteiger charge is 2.09. The second kappa shape index (κ2) is 8.46. The van der Waals surface area contributed by atoms with E-state index in [0.717, 1.165) is 0 Å². The van der Waals surface area contributed by atoms with Crippen molar-refractivity contribution in [3.05, 3.63) is 68.2 Å². The summed E-state index contributed by atoms with van der Waals surface area (Å²) >= 11 is 11.7. The summed E-state index contributed by atoms with van der Waals surface area (Å²) in [5.41, 5.74) is 3.20. The van der Waals surface area contributed by atoms with Gasteiger partial charge in [0.15, 0.2) is 6.61 Å². The summed E-state index contributed by atoms with van der Waals surface area (Å²) in [6.45, 7) is 1.32. The SMILES string of the molecule is C/C(=N\NC(=O)COc1ccc(Cl)cc1Cl)c1cccc([N+](=O)[O-])c1. The Morgan fingerprint density at radius 3 is 2.72 bits per heavy atom. The molecule has 0 heterocycles. The maximum absolute atomic E-state index is 11.8. The zero-order valence-corrected chi connectivity index (χ0v) is 14.5. The fourth-order valence-corrected chi connectivity index (χ4v) is 2.29. The van der Waals surface area contributed by atoms with E-state index in [1.165, 1.54) is 18.2 Å². The lowest BCUT2D eigenvalue weighted by molar-refractivity contribution is -0.384. The van der Waals surface area contributed by atoms with Gasteiger partial charge >= 0.3 is 0 Å². The molecule has 7 nitrogen and oxygen atoms in total. The van der Waals surface area contributed by atoms with E-state index in [2.05, 4.69) is 10.5 Å². The Morgan fingerprint density at radius 1 is 1.28 bits per heavy atom. The molecule has 0 bridgehead atoms. The van der Waals surface area contributed by atoms with Crippen molar-refractivity contribution in [1.82, 2.24) is 5.43 Å². The Hall–Kier alpha value is -2.64. The zero-order valence-electron chi connectivity index (χ0n) is 13.0. The highest BCUT2D eigenvalue weighted by atomic mass is 35.5. The quantitative estimate of drug-likeness (QED) is 0.467. The largest absolute Gasteiger partial charge is 0.482 e. The molecule has 25 heavy (non-hydrogen) atoms. The lowest BCUT2D eigenvalue weighted by Gasteiger charge is -2.07. The topological polar surface area (TPSA) is 93.8 Å². The number of halogens is 2. The first-order chi connectivity index (χ1) is 11.9. The van der Waals surface area contributed by atoms with Crippen LogP contribution in [-0.4, -0.2) is 23.1 Å². The van der Waals surface area contributed by atoms with E-state index < -0.39 is 10.8 Å². The Morgan fingerprint density at radius 2 is 2.04 bits per heavy atom. The van der Waals surface area contributed by atoms with Crippen molar-refractivity contribution in [1.29, 1.82) is 0 Å². The minimum Gasteiger partial charge on any atom is -0.482 e. The molecule has 2 rings (SSSR count). The lowest BCUT2D eigenvalue weighted by Crippen LogP contribution is -2.25. The predicted molar refractivity (Wildman–Crippen MR) is 95.4 cm³/mol. The number of carbonyl (C=O) groups is 1. The van der Waals surface area contributed by atoms with Crippen LogP contribution in [0.5, 0.6) is 5.75 Å². The molecule has 0 spiro atoms. The smallest absolute Gasteiger partial charge is 0.277 e. The van der Waals surface area contributed by atoms with Crippen LogP contribution in [0.25, 0.3) is 0 Å². The number of hydrogen-bond acceptors (Lipinski definition) is 5. The van der Waals surface area contributed by atoms with Gasteiger partial charge in [0.2, 0.25) is 0 Å². The molecule has 0 radical (unpaired) electrons. The minimum absolute atomic E-state index is 0.0564. The molecule has 0 atom stereocenters. The maximum atomic E-state index is 11.8. The third kappa shape index (κ3) is 5.44. The van der Waals surface area contributed by atoms with Crippen molar-refractivity contribution < 1.29 is 14.5 Å². The van der Waals surface area contributed by atoms with Crippen molar-refractivity contribution in [2.45, 2.75) is 6.92 Å². The van der Waals surface area contributed by atoms with Crippen LogP contribution in [0.2, 0.25) is 10.0 Å². The molecule has 0 aliphatic carbocycles. The van der Waals surface area contributed by atoms with Gasteiger partial charge in [0, 0.05) is 22.7 Å². The van der Waals surface area contributed by atoms with Gasteiger partial charge in [-0.25, -0.2) is 5.43 Å². The number of amides is 1. The second-order valence-electron chi connectivity index (χ2n) is 4.90. The zero-order chi connectivity index (χ0) is 18.4. The first-order valence-electron chi connectivity index (χ1n) is 7.02. The Bertz CT molecular complexity index is 840. The molecule has 130 valence electrons. The average Bonchev–Trinajstić information content (AvgIpc) is 2.59. The minimum atomic E-state index is -0.504. The van der Waals surface area contributed by atoms with Crippen LogP contribution in [0.4, 0.5) is 5.69 Å². The van der Waals surface area contributed by atoms with E-state index in [9.17, 15) is 14.9 Å². The second-order valence-corrected chi connectivity index (χ2v) is 5.75. The normalized spacial score (nSPS) is 11.1. The van der Waals surface area contributed by atoms with E-state index in [0.29, 0.717) is 22.0 Å². The molecular formula is C16H13Cl2N3O4. The molecule has 0 saturated heterocycles. The van der Waals surface area contributed by atoms with Crippen molar-refractivity contribution in [2.75, 3.05) is 6.61 Å². The number of hydrazone groups is 1. The third-order valence-electron chi connectivity index (χ3n) is 3.08. The van der Waals surface area contributed by atoms with Crippen LogP contribution in [0.1, 0.15) is 12.5 Å². The predicted octanol–water partition coefficient (Wildman–Crippen LogP) is 3.82. The van der Waals surface area contributed by atoms with Crippen LogP contribution in [0, 0.1) is 10.1 Å².